The molecule has 0 radical (unpaired) electrons. The molecule has 0 aliphatic carbocycles. The number of allylic oxidation sites excluding steroid dienone is 2. The average Bonchev–Trinajstić information content (AvgIpc) is 1.87. The molecule has 2 N–H and O–H groups in total. The molecule has 0 aromatic carbocycles. The molecule has 0 aliphatic heterocycles. The summed E-state index contributed by atoms with van der Waals surface area (Å²) in [7, 11) is 0. The topological polar surface area (TPSA) is 26.0 Å². The minimum Gasteiger partial charge on any atom is -0.403 e. The zero-order valence-corrected chi connectivity index (χ0v) is 7.47. The van der Waals surface area contributed by atoms with Gasteiger partial charge in [-0.25, -0.2) is 0 Å². The third-order valence-corrected chi connectivity index (χ3v) is 1.75. The maximum absolute atomic E-state index is 5.53. The van der Waals surface area contributed by atoms with Crippen LogP contribution >= 0.6 is 0 Å². The fourth-order valence-electron chi connectivity index (χ4n) is 1.32. The highest BCUT2D eigenvalue weighted by molar-refractivity contribution is 4.90. The van der Waals surface area contributed by atoms with Crippen molar-refractivity contribution in [3.63, 3.8) is 0 Å². The molecule has 0 amide bonds. The van der Waals surface area contributed by atoms with E-state index in [1.165, 1.54) is 12.8 Å². The molecule has 0 saturated heterocycles. The van der Waals surface area contributed by atoms with E-state index in [1.807, 2.05) is 6.08 Å². The SMILES string of the molecule is C=CCC(CCC)CC(=C)N. The van der Waals surface area contributed by atoms with Gasteiger partial charge in [0.05, 0.1) is 0 Å². The van der Waals surface area contributed by atoms with E-state index in [4.69, 9.17) is 5.73 Å². The van der Waals surface area contributed by atoms with E-state index in [1.54, 1.807) is 0 Å². The average molecular weight is 153 g/mol. The van der Waals surface area contributed by atoms with E-state index in [2.05, 4.69) is 20.1 Å². The normalized spacial score (nSPS) is 12.5. The van der Waals surface area contributed by atoms with Crippen LogP contribution in [-0.4, -0.2) is 0 Å². The largest absolute Gasteiger partial charge is 0.403 e. The quantitative estimate of drug-likeness (QED) is 0.583. The molecule has 0 fully saturated rings. The van der Waals surface area contributed by atoms with E-state index in [-0.39, 0.29) is 0 Å². The maximum Gasteiger partial charge on any atom is 0.00103 e. The monoisotopic (exact) mass is 153 g/mol. The first-order valence-electron chi connectivity index (χ1n) is 4.24. The molecule has 64 valence electrons. The summed E-state index contributed by atoms with van der Waals surface area (Å²) in [6.07, 6.45) is 6.40. The number of hydrogen-bond acceptors (Lipinski definition) is 1. The van der Waals surface area contributed by atoms with Gasteiger partial charge in [-0.05, 0) is 18.8 Å². The van der Waals surface area contributed by atoms with Gasteiger partial charge in [0.1, 0.15) is 0 Å². The van der Waals surface area contributed by atoms with Crippen LogP contribution in [0.2, 0.25) is 0 Å². The van der Waals surface area contributed by atoms with Crippen LogP contribution in [-0.2, 0) is 0 Å². The minimum absolute atomic E-state index is 0.662. The summed E-state index contributed by atoms with van der Waals surface area (Å²) in [5, 5.41) is 0. The second kappa shape index (κ2) is 6.02. The molecule has 0 aliphatic rings. The highest BCUT2D eigenvalue weighted by Crippen LogP contribution is 2.17. The Morgan fingerprint density at radius 1 is 1.64 bits per heavy atom. The molecule has 0 bridgehead atoms. The number of hydrogen-bond donors (Lipinski definition) is 1. The van der Waals surface area contributed by atoms with Gasteiger partial charge in [0.2, 0.25) is 0 Å². The second-order valence-corrected chi connectivity index (χ2v) is 3.04. The van der Waals surface area contributed by atoms with E-state index < -0.39 is 0 Å². The van der Waals surface area contributed by atoms with Crippen molar-refractivity contribution in [1.29, 1.82) is 0 Å². The van der Waals surface area contributed by atoms with Crippen molar-refractivity contribution in [2.45, 2.75) is 32.6 Å². The predicted octanol–water partition coefficient (Wildman–Crippen LogP) is 2.84. The molecule has 0 saturated carbocycles. The first-order valence-corrected chi connectivity index (χ1v) is 4.24. The van der Waals surface area contributed by atoms with Crippen molar-refractivity contribution in [3.8, 4) is 0 Å². The van der Waals surface area contributed by atoms with Gasteiger partial charge in [0.25, 0.3) is 0 Å². The standard InChI is InChI=1S/C10H19N/c1-4-6-10(7-5-2)8-9(3)11/h4,10H,1,3,5-8,11H2,2H3. The van der Waals surface area contributed by atoms with Crippen LogP contribution in [0.1, 0.15) is 32.6 Å². The summed E-state index contributed by atoms with van der Waals surface area (Å²) in [6, 6.07) is 0. The van der Waals surface area contributed by atoms with Gasteiger partial charge in [0, 0.05) is 5.70 Å². The van der Waals surface area contributed by atoms with Gasteiger partial charge < -0.3 is 5.73 Å². The van der Waals surface area contributed by atoms with Crippen molar-refractivity contribution in [2.24, 2.45) is 11.7 Å². The first-order chi connectivity index (χ1) is 5.20. The lowest BCUT2D eigenvalue weighted by molar-refractivity contribution is 0.480. The molecule has 11 heavy (non-hydrogen) atoms. The third kappa shape index (κ3) is 5.71. The fraction of sp³-hybridized carbons (Fsp3) is 0.600. The summed E-state index contributed by atoms with van der Waals surface area (Å²) in [5.74, 6) is 0.662. The van der Waals surface area contributed by atoms with E-state index in [9.17, 15) is 0 Å². The molecule has 1 nitrogen and oxygen atoms in total. The summed E-state index contributed by atoms with van der Waals surface area (Å²) >= 11 is 0. The molecule has 1 heteroatoms. The van der Waals surface area contributed by atoms with Gasteiger partial charge in [-0.2, -0.15) is 0 Å². The van der Waals surface area contributed by atoms with E-state index in [0.717, 1.165) is 18.5 Å². The highest BCUT2D eigenvalue weighted by Gasteiger charge is 2.05. The van der Waals surface area contributed by atoms with Crippen molar-refractivity contribution < 1.29 is 0 Å². The van der Waals surface area contributed by atoms with E-state index >= 15 is 0 Å². The lowest BCUT2D eigenvalue weighted by Crippen LogP contribution is -2.05. The van der Waals surface area contributed by atoms with Crippen LogP contribution in [0.3, 0.4) is 0 Å². The predicted molar refractivity (Wildman–Crippen MR) is 51.2 cm³/mol. The Morgan fingerprint density at radius 3 is 2.64 bits per heavy atom. The molecule has 0 aromatic heterocycles. The van der Waals surface area contributed by atoms with Gasteiger partial charge in [-0.3, -0.25) is 0 Å². The summed E-state index contributed by atoms with van der Waals surface area (Å²) < 4.78 is 0. The lowest BCUT2D eigenvalue weighted by Gasteiger charge is -2.12. The molecule has 1 atom stereocenters. The van der Waals surface area contributed by atoms with Gasteiger partial charge >= 0.3 is 0 Å². The van der Waals surface area contributed by atoms with Crippen LogP contribution in [0.15, 0.2) is 24.9 Å². The molecule has 0 heterocycles. The molecular formula is C10H19N. The Bertz CT molecular complexity index is 127. The molecule has 0 aromatic rings. The van der Waals surface area contributed by atoms with Crippen molar-refractivity contribution in [2.75, 3.05) is 0 Å². The summed E-state index contributed by atoms with van der Waals surface area (Å²) in [4.78, 5) is 0. The Kier molecular flexibility index (Phi) is 5.63. The van der Waals surface area contributed by atoms with Gasteiger partial charge in [-0.15, -0.1) is 6.58 Å². The smallest absolute Gasteiger partial charge is 0.00103 e. The van der Waals surface area contributed by atoms with Crippen molar-refractivity contribution in [1.82, 2.24) is 0 Å². The lowest BCUT2D eigenvalue weighted by atomic mass is 9.95. The Labute approximate surface area is 70.0 Å². The van der Waals surface area contributed by atoms with Gasteiger partial charge in [-0.1, -0.05) is 32.4 Å². The van der Waals surface area contributed by atoms with Crippen LogP contribution in [0.25, 0.3) is 0 Å². The molecule has 0 rings (SSSR count). The minimum atomic E-state index is 0.662. The van der Waals surface area contributed by atoms with Crippen LogP contribution in [0, 0.1) is 5.92 Å². The molecule has 0 spiro atoms. The number of nitrogens with two attached hydrogens (primary N) is 1. The molecular weight excluding hydrogens is 134 g/mol. The first kappa shape index (κ1) is 10.3. The Morgan fingerprint density at radius 2 is 2.27 bits per heavy atom. The van der Waals surface area contributed by atoms with Crippen LogP contribution in [0.4, 0.5) is 0 Å². The van der Waals surface area contributed by atoms with Crippen LogP contribution < -0.4 is 5.73 Å². The zero-order chi connectivity index (χ0) is 8.69. The fourth-order valence-corrected chi connectivity index (χ4v) is 1.32. The van der Waals surface area contributed by atoms with Crippen molar-refractivity contribution >= 4 is 0 Å². The van der Waals surface area contributed by atoms with Crippen LogP contribution in [0.5, 0.6) is 0 Å². The van der Waals surface area contributed by atoms with E-state index in [0.29, 0.717) is 5.92 Å². The Balaban J connectivity index is 3.67. The van der Waals surface area contributed by atoms with Crippen molar-refractivity contribution in [3.05, 3.63) is 24.9 Å². The third-order valence-electron chi connectivity index (χ3n) is 1.75. The number of rotatable bonds is 6. The molecule has 1 unspecified atom stereocenters. The Hall–Kier alpha value is -0.720. The highest BCUT2D eigenvalue weighted by atomic mass is 14.6. The maximum atomic E-state index is 5.53. The van der Waals surface area contributed by atoms with Gasteiger partial charge in [0.15, 0.2) is 0 Å². The second-order valence-electron chi connectivity index (χ2n) is 3.04. The summed E-state index contributed by atoms with van der Waals surface area (Å²) in [6.45, 7) is 9.61. The summed E-state index contributed by atoms with van der Waals surface area (Å²) in [5.41, 5.74) is 6.32. The zero-order valence-electron chi connectivity index (χ0n) is 7.47.